The SMILES string of the molecule is Cl.FC(F)(F)c1nc(-c2ccccc2)nc2c1CCNC2. The van der Waals surface area contributed by atoms with Crippen LogP contribution in [0.2, 0.25) is 0 Å². The minimum absolute atomic E-state index is 0. The third kappa shape index (κ3) is 3.16. The van der Waals surface area contributed by atoms with Gasteiger partial charge in [0.25, 0.3) is 0 Å². The Balaban J connectivity index is 0.00000161. The molecule has 0 bridgehead atoms. The second kappa shape index (κ2) is 5.99. The van der Waals surface area contributed by atoms with Gasteiger partial charge >= 0.3 is 6.18 Å². The summed E-state index contributed by atoms with van der Waals surface area (Å²) in [5.41, 5.74) is 0.447. The maximum atomic E-state index is 13.2. The minimum Gasteiger partial charge on any atom is -0.311 e. The Labute approximate surface area is 126 Å². The molecule has 0 atom stereocenters. The lowest BCUT2D eigenvalue weighted by atomic mass is 10.0. The van der Waals surface area contributed by atoms with Crippen LogP contribution in [0.4, 0.5) is 13.2 Å². The molecule has 1 aromatic carbocycles. The largest absolute Gasteiger partial charge is 0.433 e. The Hall–Kier alpha value is -1.66. The predicted molar refractivity (Wildman–Crippen MR) is 75.1 cm³/mol. The highest BCUT2D eigenvalue weighted by molar-refractivity contribution is 5.85. The van der Waals surface area contributed by atoms with Gasteiger partial charge in [-0.3, -0.25) is 0 Å². The number of alkyl halides is 3. The van der Waals surface area contributed by atoms with Crippen molar-refractivity contribution in [3.63, 3.8) is 0 Å². The maximum Gasteiger partial charge on any atom is 0.433 e. The third-order valence-corrected chi connectivity index (χ3v) is 3.24. The lowest BCUT2D eigenvalue weighted by Gasteiger charge is -2.21. The van der Waals surface area contributed by atoms with Crippen LogP contribution >= 0.6 is 12.4 Å². The van der Waals surface area contributed by atoms with Crippen LogP contribution in [-0.4, -0.2) is 16.5 Å². The zero-order valence-electron chi connectivity index (χ0n) is 10.9. The average Bonchev–Trinajstić information content (AvgIpc) is 2.46. The van der Waals surface area contributed by atoms with E-state index in [0.29, 0.717) is 30.8 Å². The van der Waals surface area contributed by atoms with E-state index in [0.717, 1.165) is 0 Å². The molecule has 7 heteroatoms. The molecule has 0 amide bonds. The molecule has 0 radical (unpaired) electrons. The molecule has 1 N–H and O–H groups in total. The summed E-state index contributed by atoms with van der Waals surface area (Å²) in [6.45, 7) is 0.866. The number of fused-ring (bicyclic) bond motifs is 1. The summed E-state index contributed by atoms with van der Waals surface area (Å²) in [5.74, 6) is 0.125. The summed E-state index contributed by atoms with van der Waals surface area (Å²) >= 11 is 0. The molecular formula is C14H13ClF3N3. The first-order chi connectivity index (χ1) is 9.55. The molecule has 1 aromatic heterocycles. The van der Waals surface area contributed by atoms with Crippen LogP contribution in [-0.2, 0) is 19.1 Å². The van der Waals surface area contributed by atoms with E-state index >= 15 is 0 Å². The highest BCUT2D eigenvalue weighted by atomic mass is 35.5. The van der Waals surface area contributed by atoms with Crippen molar-refractivity contribution in [3.05, 3.63) is 47.3 Å². The summed E-state index contributed by atoms with van der Waals surface area (Å²) < 4.78 is 39.5. The van der Waals surface area contributed by atoms with Crippen LogP contribution in [0, 0.1) is 0 Å². The van der Waals surface area contributed by atoms with Crippen molar-refractivity contribution in [3.8, 4) is 11.4 Å². The van der Waals surface area contributed by atoms with Crippen molar-refractivity contribution in [2.75, 3.05) is 6.54 Å². The standard InChI is InChI=1S/C14H12F3N3.ClH/c15-14(16,17)12-10-6-7-18-8-11(10)19-13(20-12)9-4-2-1-3-5-9;/h1-5,18H,6-8H2;1H. The molecule has 1 aliphatic heterocycles. The molecular weight excluding hydrogens is 303 g/mol. The van der Waals surface area contributed by atoms with E-state index in [4.69, 9.17) is 0 Å². The van der Waals surface area contributed by atoms with Gasteiger partial charge in [-0.15, -0.1) is 12.4 Å². The summed E-state index contributed by atoms with van der Waals surface area (Å²) in [7, 11) is 0. The van der Waals surface area contributed by atoms with Gasteiger partial charge in [0, 0.05) is 17.7 Å². The van der Waals surface area contributed by atoms with E-state index in [1.54, 1.807) is 30.3 Å². The third-order valence-electron chi connectivity index (χ3n) is 3.24. The van der Waals surface area contributed by atoms with Gasteiger partial charge in [-0.2, -0.15) is 13.2 Å². The Morgan fingerprint density at radius 1 is 1.05 bits per heavy atom. The van der Waals surface area contributed by atoms with Crippen molar-refractivity contribution < 1.29 is 13.2 Å². The summed E-state index contributed by atoms with van der Waals surface area (Å²) in [6.07, 6.45) is -4.15. The van der Waals surface area contributed by atoms with Crippen molar-refractivity contribution in [1.29, 1.82) is 0 Å². The molecule has 0 fully saturated rings. The van der Waals surface area contributed by atoms with Crippen molar-refractivity contribution >= 4 is 12.4 Å². The zero-order valence-corrected chi connectivity index (χ0v) is 11.8. The summed E-state index contributed by atoms with van der Waals surface area (Å²) in [5, 5.41) is 3.04. The van der Waals surface area contributed by atoms with E-state index in [9.17, 15) is 13.2 Å². The van der Waals surface area contributed by atoms with Gasteiger partial charge in [-0.25, -0.2) is 9.97 Å². The van der Waals surface area contributed by atoms with Gasteiger partial charge in [0.05, 0.1) is 5.69 Å². The molecule has 2 heterocycles. The fraction of sp³-hybridized carbons (Fsp3) is 0.286. The number of benzene rings is 1. The van der Waals surface area contributed by atoms with Crippen molar-refractivity contribution in [1.82, 2.24) is 15.3 Å². The summed E-state index contributed by atoms with van der Waals surface area (Å²) in [4.78, 5) is 8.05. The highest BCUT2D eigenvalue weighted by Gasteiger charge is 2.37. The van der Waals surface area contributed by atoms with Gasteiger partial charge in [-0.1, -0.05) is 30.3 Å². The number of rotatable bonds is 1. The molecule has 0 unspecified atom stereocenters. The Morgan fingerprint density at radius 3 is 2.43 bits per heavy atom. The Bertz CT molecular complexity index is 629. The number of hydrogen-bond acceptors (Lipinski definition) is 3. The van der Waals surface area contributed by atoms with E-state index in [2.05, 4.69) is 15.3 Å². The van der Waals surface area contributed by atoms with Crippen LogP contribution < -0.4 is 5.32 Å². The molecule has 0 aliphatic carbocycles. The fourth-order valence-electron chi connectivity index (χ4n) is 2.31. The van der Waals surface area contributed by atoms with Crippen LogP contribution in [0.15, 0.2) is 30.3 Å². The average molecular weight is 316 g/mol. The molecule has 0 saturated heterocycles. The normalized spacial score (nSPS) is 14.2. The fourth-order valence-corrected chi connectivity index (χ4v) is 2.31. The zero-order chi connectivity index (χ0) is 14.2. The maximum absolute atomic E-state index is 13.2. The number of hydrogen-bond donors (Lipinski definition) is 1. The van der Waals surface area contributed by atoms with Crippen LogP contribution in [0.3, 0.4) is 0 Å². The molecule has 112 valence electrons. The molecule has 0 spiro atoms. The smallest absolute Gasteiger partial charge is 0.311 e. The van der Waals surface area contributed by atoms with E-state index in [1.807, 2.05) is 0 Å². The van der Waals surface area contributed by atoms with Crippen molar-refractivity contribution in [2.45, 2.75) is 19.1 Å². The molecule has 21 heavy (non-hydrogen) atoms. The first kappa shape index (κ1) is 15.7. The molecule has 0 saturated carbocycles. The van der Waals surface area contributed by atoms with Crippen LogP contribution in [0.5, 0.6) is 0 Å². The van der Waals surface area contributed by atoms with Gasteiger partial charge in [0.1, 0.15) is 0 Å². The monoisotopic (exact) mass is 315 g/mol. The summed E-state index contributed by atoms with van der Waals surface area (Å²) in [6, 6.07) is 8.72. The van der Waals surface area contributed by atoms with Gasteiger partial charge < -0.3 is 5.32 Å². The Kier molecular flexibility index (Phi) is 4.49. The predicted octanol–water partition coefficient (Wildman–Crippen LogP) is 3.23. The molecule has 3 rings (SSSR count). The Morgan fingerprint density at radius 2 is 1.76 bits per heavy atom. The van der Waals surface area contributed by atoms with Crippen LogP contribution in [0.25, 0.3) is 11.4 Å². The van der Waals surface area contributed by atoms with Gasteiger partial charge in [0.15, 0.2) is 11.5 Å². The second-order valence-corrected chi connectivity index (χ2v) is 4.61. The number of nitrogens with one attached hydrogen (secondary N) is 1. The number of nitrogens with zero attached hydrogens (tertiary/aromatic N) is 2. The highest BCUT2D eigenvalue weighted by Crippen LogP contribution is 2.34. The lowest BCUT2D eigenvalue weighted by molar-refractivity contribution is -0.142. The quantitative estimate of drug-likeness (QED) is 0.878. The molecule has 3 nitrogen and oxygen atoms in total. The first-order valence-corrected chi connectivity index (χ1v) is 6.29. The number of aromatic nitrogens is 2. The van der Waals surface area contributed by atoms with Gasteiger partial charge in [-0.05, 0) is 13.0 Å². The number of halogens is 4. The topological polar surface area (TPSA) is 37.8 Å². The molecule has 2 aromatic rings. The van der Waals surface area contributed by atoms with Gasteiger partial charge in [0.2, 0.25) is 0 Å². The molecule has 1 aliphatic rings. The van der Waals surface area contributed by atoms with E-state index in [-0.39, 0.29) is 23.8 Å². The van der Waals surface area contributed by atoms with E-state index in [1.165, 1.54) is 0 Å². The van der Waals surface area contributed by atoms with Crippen molar-refractivity contribution in [2.24, 2.45) is 0 Å². The minimum atomic E-state index is -4.45. The lowest BCUT2D eigenvalue weighted by Crippen LogP contribution is -2.28. The van der Waals surface area contributed by atoms with E-state index < -0.39 is 11.9 Å². The first-order valence-electron chi connectivity index (χ1n) is 6.29. The van der Waals surface area contributed by atoms with Crippen LogP contribution in [0.1, 0.15) is 17.0 Å². The second-order valence-electron chi connectivity index (χ2n) is 4.61.